The second-order valence-corrected chi connectivity index (χ2v) is 4.27. The Morgan fingerprint density at radius 3 is 2.35 bits per heavy atom. The standard InChI is InChI=1S/C6H10O10S/c7-2-1-3(5(8)15-10)14-6(9)4(2)16-17(11,12)13/h2-4,6-7,9-10H,1H2,(H,11,12,13)/t2-,3?,4?,6-/m1/s1. The van der Waals surface area contributed by atoms with E-state index in [0.29, 0.717) is 0 Å². The van der Waals surface area contributed by atoms with Crippen molar-refractivity contribution in [2.24, 2.45) is 0 Å². The molecule has 11 heteroatoms. The molecule has 0 radical (unpaired) electrons. The Morgan fingerprint density at radius 2 is 1.94 bits per heavy atom. The molecule has 1 aliphatic heterocycles. The highest BCUT2D eigenvalue weighted by Crippen LogP contribution is 2.23. The minimum Gasteiger partial charge on any atom is -0.390 e. The van der Waals surface area contributed by atoms with Gasteiger partial charge in [0.15, 0.2) is 18.5 Å². The number of aliphatic hydroxyl groups excluding tert-OH is 2. The molecule has 1 fully saturated rings. The predicted octanol–water partition coefficient (Wildman–Crippen LogP) is -2.34. The van der Waals surface area contributed by atoms with E-state index < -0.39 is 47.4 Å². The lowest BCUT2D eigenvalue weighted by molar-refractivity contribution is -0.276. The maximum absolute atomic E-state index is 10.8. The largest absolute Gasteiger partial charge is 0.397 e. The highest BCUT2D eigenvalue weighted by Gasteiger charge is 2.43. The highest BCUT2D eigenvalue weighted by molar-refractivity contribution is 7.80. The summed E-state index contributed by atoms with van der Waals surface area (Å²) in [6.07, 6.45) is -7.37. The zero-order valence-corrected chi connectivity index (χ0v) is 8.98. The third kappa shape index (κ3) is 3.85. The number of hydrogen-bond donors (Lipinski definition) is 4. The molecule has 1 aliphatic rings. The van der Waals surface area contributed by atoms with Crippen molar-refractivity contribution in [2.75, 3.05) is 0 Å². The summed E-state index contributed by atoms with van der Waals surface area (Å²) >= 11 is 0. The molecule has 0 aromatic carbocycles. The molecule has 100 valence electrons. The molecule has 0 aromatic heterocycles. The Morgan fingerprint density at radius 1 is 1.35 bits per heavy atom. The maximum atomic E-state index is 10.8. The van der Waals surface area contributed by atoms with Crippen LogP contribution in [0.5, 0.6) is 0 Å². The number of carbonyl (C=O) groups excluding carboxylic acids is 1. The van der Waals surface area contributed by atoms with Crippen LogP contribution < -0.4 is 0 Å². The van der Waals surface area contributed by atoms with Crippen LogP contribution in [0.2, 0.25) is 0 Å². The van der Waals surface area contributed by atoms with Crippen molar-refractivity contribution < 1.29 is 47.0 Å². The zero-order valence-electron chi connectivity index (χ0n) is 8.16. The molecule has 0 saturated carbocycles. The summed E-state index contributed by atoms with van der Waals surface area (Å²) in [6, 6.07) is 0. The van der Waals surface area contributed by atoms with Crippen LogP contribution in [0.4, 0.5) is 0 Å². The van der Waals surface area contributed by atoms with E-state index in [1.807, 2.05) is 0 Å². The molecule has 2 unspecified atom stereocenters. The first kappa shape index (κ1) is 14.2. The Balaban J connectivity index is 2.72. The van der Waals surface area contributed by atoms with Crippen molar-refractivity contribution in [3.8, 4) is 0 Å². The topological polar surface area (TPSA) is 160 Å². The normalized spacial score (nSPS) is 34.4. The number of hydrogen-bond acceptors (Lipinski definition) is 9. The van der Waals surface area contributed by atoms with Crippen molar-refractivity contribution in [3.05, 3.63) is 0 Å². The van der Waals surface area contributed by atoms with Crippen LogP contribution in [0.25, 0.3) is 0 Å². The quantitative estimate of drug-likeness (QED) is 0.249. The van der Waals surface area contributed by atoms with Gasteiger partial charge < -0.3 is 14.9 Å². The van der Waals surface area contributed by atoms with Crippen LogP contribution in [0.1, 0.15) is 6.42 Å². The van der Waals surface area contributed by atoms with Crippen LogP contribution >= 0.6 is 0 Å². The summed E-state index contributed by atoms with van der Waals surface area (Å²) in [5.41, 5.74) is 0. The summed E-state index contributed by atoms with van der Waals surface area (Å²) in [7, 11) is -4.90. The van der Waals surface area contributed by atoms with Gasteiger partial charge in [0.25, 0.3) is 0 Å². The van der Waals surface area contributed by atoms with Gasteiger partial charge >= 0.3 is 16.4 Å². The number of rotatable bonds is 3. The summed E-state index contributed by atoms with van der Waals surface area (Å²) in [5.74, 6) is -1.27. The molecule has 4 atom stereocenters. The molecule has 1 rings (SSSR count). The van der Waals surface area contributed by atoms with E-state index in [9.17, 15) is 23.4 Å². The minimum absolute atomic E-state index is 0.489. The molecule has 0 amide bonds. The lowest BCUT2D eigenvalue weighted by Crippen LogP contribution is -2.52. The SMILES string of the molecule is O=C(OO)C1C[C@@H](O)C(OS(=O)(=O)O)[C@H](O)O1. The third-order valence-electron chi connectivity index (χ3n) is 2.01. The fourth-order valence-electron chi connectivity index (χ4n) is 1.31. The van der Waals surface area contributed by atoms with E-state index in [4.69, 9.17) is 9.81 Å². The van der Waals surface area contributed by atoms with E-state index in [1.54, 1.807) is 0 Å². The van der Waals surface area contributed by atoms with Gasteiger partial charge in [0.2, 0.25) is 0 Å². The molecular weight excluding hydrogens is 264 g/mol. The van der Waals surface area contributed by atoms with Gasteiger partial charge in [0.1, 0.15) is 0 Å². The van der Waals surface area contributed by atoms with Crippen LogP contribution in [0, 0.1) is 0 Å². The second kappa shape index (κ2) is 5.22. The minimum atomic E-state index is -4.90. The van der Waals surface area contributed by atoms with Crippen LogP contribution in [-0.4, -0.2) is 59.0 Å². The van der Waals surface area contributed by atoms with Crippen LogP contribution in [0.3, 0.4) is 0 Å². The average molecular weight is 274 g/mol. The molecular formula is C6H10O10S. The molecule has 1 saturated heterocycles. The summed E-state index contributed by atoms with van der Waals surface area (Å²) in [6.45, 7) is 0. The van der Waals surface area contributed by atoms with Crippen molar-refractivity contribution in [1.82, 2.24) is 0 Å². The van der Waals surface area contributed by atoms with E-state index >= 15 is 0 Å². The lowest BCUT2D eigenvalue weighted by atomic mass is 10.0. The molecule has 10 nitrogen and oxygen atoms in total. The van der Waals surface area contributed by atoms with E-state index in [0.717, 1.165) is 0 Å². The average Bonchev–Trinajstić information content (AvgIpc) is 2.20. The highest BCUT2D eigenvalue weighted by atomic mass is 32.3. The van der Waals surface area contributed by atoms with Crippen molar-refractivity contribution >= 4 is 16.4 Å². The Bertz CT molecular complexity index is 364. The number of ether oxygens (including phenoxy) is 1. The monoisotopic (exact) mass is 274 g/mol. The van der Waals surface area contributed by atoms with Gasteiger partial charge in [0.05, 0.1) is 6.10 Å². The number of aliphatic hydroxyl groups is 2. The Hall–Kier alpha value is -0.820. The summed E-state index contributed by atoms with van der Waals surface area (Å²) in [4.78, 5) is 14.1. The number of carbonyl (C=O) groups is 1. The van der Waals surface area contributed by atoms with Crippen LogP contribution in [-0.2, 0) is 29.0 Å². The first-order valence-corrected chi connectivity index (χ1v) is 5.63. The fraction of sp³-hybridized carbons (Fsp3) is 0.833. The van der Waals surface area contributed by atoms with Gasteiger partial charge in [-0.05, 0) is 0 Å². The van der Waals surface area contributed by atoms with Crippen molar-refractivity contribution in [2.45, 2.75) is 31.0 Å². The van der Waals surface area contributed by atoms with Gasteiger partial charge in [-0.3, -0.25) is 9.44 Å². The predicted molar refractivity (Wildman–Crippen MR) is 46.6 cm³/mol. The van der Waals surface area contributed by atoms with Gasteiger partial charge in [-0.2, -0.15) is 13.7 Å². The molecule has 1 heterocycles. The van der Waals surface area contributed by atoms with Crippen molar-refractivity contribution in [3.63, 3.8) is 0 Å². The first-order chi connectivity index (χ1) is 7.74. The van der Waals surface area contributed by atoms with E-state index in [2.05, 4.69) is 13.8 Å². The second-order valence-electron chi connectivity index (χ2n) is 3.22. The van der Waals surface area contributed by atoms with Gasteiger partial charge in [0, 0.05) is 6.42 Å². The maximum Gasteiger partial charge on any atom is 0.397 e. The van der Waals surface area contributed by atoms with Gasteiger partial charge in [-0.15, -0.1) is 0 Å². The molecule has 0 bridgehead atoms. The molecule has 0 aliphatic carbocycles. The van der Waals surface area contributed by atoms with Gasteiger partial charge in [-0.1, -0.05) is 0 Å². The zero-order chi connectivity index (χ0) is 13.2. The lowest BCUT2D eigenvalue weighted by Gasteiger charge is -2.34. The van der Waals surface area contributed by atoms with E-state index in [-0.39, 0.29) is 0 Å². The fourth-order valence-corrected chi connectivity index (χ4v) is 1.81. The van der Waals surface area contributed by atoms with Gasteiger partial charge in [-0.25, -0.2) is 8.98 Å². The first-order valence-electron chi connectivity index (χ1n) is 4.27. The molecule has 0 aromatic rings. The summed E-state index contributed by atoms with van der Waals surface area (Å²) < 4.78 is 37.6. The molecule has 0 spiro atoms. The molecule has 17 heavy (non-hydrogen) atoms. The smallest absolute Gasteiger partial charge is 0.390 e. The Kier molecular flexibility index (Phi) is 4.37. The van der Waals surface area contributed by atoms with Crippen molar-refractivity contribution in [1.29, 1.82) is 0 Å². The van der Waals surface area contributed by atoms with Crippen LogP contribution in [0.15, 0.2) is 0 Å². The third-order valence-corrected chi connectivity index (χ3v) is 2.47. The summed E-state index contributed by atoms with van der Waals surface area (Å²) in [5, 5.41) is 26.7. The Labute approximate surface area is 95.2 Å². The molecule has 4 N–H and O–H groups in total. The van der Waals surface area contributed by atoms with E-state index in [1.165, 1.54) is 0 Å².